The van der Waals surface area contributed by atoms with Crippen molar-refractivity contribution in [2.24, 2.45) is 0 Å². The number of aromatic nitrogens is 4. The molecular formula is C21H23N7O3S. The first kappa shape index (κ1) is 21.8. The zero-order valence-corrected chi connectivity index (χ0v) is 18.8. The smallest absolute Gasteiger partial charge is 0.322 e. The largest absolute Gasteiger partial charge is 0.344 e. The minimum absolute atomic E-state index is 0.0497. The van der Waals surface area contributed by atoms with Crippen molar-refractivity contribution >= 4 is 35.4 Å². The second-order valence-corrected chi connectivity index (χ2v) is 8.81. The number of carbonyl (C=O) groups excluding carboxylic acids is 3. The van der Waals surface area contributed by atoms with Crippen LogP contribution < -0.4 is 10.7 Å². The Hall–Kier alpha value is -3.47. The predicted octanol–water partition coefficient (Wildman–Crippen LogP) is 1.81. The average molecular weight is 454 g/mol. The number of hydrazine groups is 1. The molecule has 3 aromatic rings. The van der Waals surface area contributed by atoms with Gasteiger partial charge in [-0.05, 0) is 45.2 Å². The van der Waals surface area contributed by atoms with E-state index in [0.29, 0.717) is 23.8 Å². The van der Waals surface area contributed by atoms with E-state index >= 15 is 0 Å². The Balaban J connectivity index is 1.37. The van der Waals surface area contributed by atoms with Crippen molar-refractivity contribution in [1.82, 2.24) is 35.3 Å². The van der Waals surface area contributed by atoms with Crippen molar-refractivity contribution in [3.8, 4) is 0 Å². The molecule has 0 radical (unpaired) electrons. The second-order valence-electron chi connectivity index (χ2n) is 7.87. The lowest BCUT2D eigenvalue weighted by molar-refractivity contribution is -0.138. The Morgan fingerprint density at radius 1 is 1.19 bits per heavy atom. The summed E-state index contributed by atoms with van der Waals surface area (Å²) in [6, 6.07) is 11.0. The summed E-state index contributed by atoms with van der Waals surface area (Å²) >= 11 is 1.15. The van der Waals surface area contributed by atoms with Gasteiger partial charge in [-0.1, -0.05) is 42.1 Å². The van der Waals surface area contributed by atoms with E-state index in [1.807, 2.05) is 50.2 Å². The summed E-state index contributed by atoms with van der Waals surface area (Å²) < 4.78 is 1.75. The van der Waals surface area contributed by atoms with Crippen LogP contribution in [0.4, 0.5) is 4.79 Å². The number of nitrogens with one attached hydrogen (secondary N) is 2. The summed E-state index contributed by atoms with van der Waals surface area (Å²) in [6.07, 6.45) is 1.04. The quantitative estimate of drug-likeness (QED) is 0.413. The third-order valence-electron chi connectivity index (χ3n) is 5.25. The van der Waals surface area contributed by atoms with Gasteiger partial charge in [-0.25, -0.2) is 9.78 Å². The Kier molecular flexibility index (Phi) is 5.83. The normalized spacial score (nSPS) is 18.3. The van der Waals surface area contributed by atoms with Crippen LogP contribution in [0, 0.1) is 13.8 Å². The molecule has 1 aromatic carbocycles. The zero-order chi connectivity index (χ0) is 22.9. The van der Waals surface area contributed by atoms with Gasteiger partial charge in [0.2, 0.25) is 5.91 Å². The number of carbonyl (C=O) groups is 3. The van der Waals surface area contributed by atoms with Crippen molar-refractivity contribution < 1.29 is 14.4 Å². The number of benzene rings is 1. The van der Waals surface area contributed by atoms with Gasteiger partial charge in [0.1, 0.15) is 5.54 Å². The third-order valence-corrected chi connectivity index (χ3v) is 6.18. The fourth-order valence-corrected chi connectivity index (χ4v) is 4.35. The monoisotopic (exact) mass is 453 g/mol. The van der Waals surface area contributed by atoms with E-state index in [-0.39, 0.29) is 5.75 Å². The van der Waals surface area contributed by atoms with Crippen LogP contribution in [-0.2, 0) is 16.0 Å². The minimum atomic E-state index is -1.09. The molecule has 10 nitrogen and oxygen atoms in total. The number of hydrogen-bond donors (Lipinski definition) is 2. The van der Waals surface area contributed by atoms with E-state index in [4.69, 9.17) is 0 Å². The molecule has 0 unspecified atom stereocenters. The number of hydrogen-bond acceptors (Lipinski definition) is 7. The average Bonchev–Trinajstić information content (AvgIpc) is 3.26. The number of rotatable bonds is 7. The van der Waals surface area contributed by atoms with Crippen LogP contribution >= 0.6 is 11.8 Å². The number of nitrogens with zero attached hydrogens (tertiary/aromatic N) is 5. The molecule has 1 fully saturated rings. The molecule has 1 aliphatic rings. The molecule has 1 aliphatic heterocycles. The highest BCUT2D eigenvalue weighted by Gasteiger charge is 2.48. The minimum Gasteiger partial charge on any atom is -0.322 e. The van der Waals surface area contributed by atoms with E-state index in [1.54, 1.807) is 11.3 Å². The first-order valence-electron chi connectivity index (χ1n) is 10.1. The summed E-state index contributed by atoms with van der Waals surface area (Å²) in [6.45, 7) is 5.43. The Labute approximate surface area is 188 Å². The van der Waals surface area contributed by atoms with Gasteiger partial charge in [-0.3, -0.25) is 19.4 Å². The number of amides is 4. The van der Waals surface area contributed by atoms with Gasteiger partial charge < -0.3 is 5.32 Å². The zero-order valence-electron chi connectivity index (χ0n) is 18.0. The van der Waals surface area contributed by atoms with Gasteiger partial charge in [0.25, 0.3) is 11.7 Å². The van der Waals surface area contributed by atoms with E-state index in [2.05, 4.69) is 25.9 Å². The van der Waals surface area contributed by atoms with Crippen LogP contribution in [0.5, 0.6) is 0 Å². The van der Waals surface area contributed by atoms with Gasteiger partial charge in [0, 0.05) is 11.4 Å². The lowest BCUT2D eigenvalue weighted by Gasteiger charge is -2.21. The lowest BCUT2D eigenvalue weighted by Crippen LogP contribution is -2.49. The predicted molar refractivity (Wildman–Crippen MR) is 118 cm³/mol. The summed E-state index contributed by atoms with van der Waals surface area (Å²) in [7, 11) is 0. The van der Waals surface area contributed by atoms with Crippen molar-refractivity contribution in [1.29, 1.82) is 0 Å². The fraction of sp³-hybridized carbons (Fsp3) is 0.333. The Bertz CT molecular complexity index is 1200. The highest BCUT2D eigenvalue weighted by atomic mass is 32.2. The molecule has 0 spiro atoms. The molecule has 1 saturated heterocycles. The molecule has 11 heteroatoms. The van der Waals surface area contributed by atoms with Crippen LogP contribution in [0.1, 0.15) is 30.3 Å². The van der Waals surface area contributed by atoms with Crippen molar-refractivity contribution in [3.63, 3.8) is 0 Å². The van der Waals surface area contributed by atoms with Crippen molar-refractivity contribution in [3.05, 3.63) is 53.3 Å². The molecule has 166 valence electrons. The van der Waals surface area contributed by atoms with E-state index in [9.17, 15) is 14.4 Å². The molecule has 3 heterocycles. The number of aryl methyl sites for hydroxylation is 3. The van der Waals surface area contributed by atoms with Crippen molar-refractivity contribution in [2.45, 2.75) is 44.3 Å². The topological polar surface area (TPSA) is 122 Å². The Morgan fingerprint density at radius 2 is 1.94 bits per heavy atom. The molecule has 0 aliphatic carbocycles. The van der Waals surface area contributed by atoms with Gasteiger partial charge in [0.15, 0.2) is 5.16 Å². The third kappa shape index (κ3) is 4.28. The summed E-state index contributed by atoms with van der Waals surface area (Å²) in [4.78, 5) is 42.0. The summed E-state index contributed by atoms with van der Waals surface area (Å²) in [5.41, 5.74) is 4.10. The number of thioether (sulfide) groups is 1. The molecule has 0 saturated carbocycles. The second kappa shape index (κ2) is 8.58. The van der Waals surface area contributed by atoms with Gasteiger partial charge in [-0.15, -0.1) is 10.2 Å². The van der Waals surface area contributed by atoms with Crippen molar-refractivity contribution in [2.75, 3.05) is 5.75 Å². The molecule has 2 aromatic heterocycles. The first-order chi connectivity index (χ1) is 15.3. The van der Waals surface area contributed by atoms with Crippen LogP contribution in [0.15, 0.2) is 41.6 Å². The molecule has 2 N–H and O–H groups in total. The van der Waals surface area contributed by atoms with E-state index < -0.39 is 23.4 Å². The lowest BCUT2D eigenvalue weighted by atomic mass is 9.93. The SMILES string of the molecule is Cc1cc(C)n2c(SCC(=O)NN3C(=O)N[C@](C)(CCc4ccccc4)C3=O)nnc2n1. The number of urea groups is 1. The van der Waals surface area contributed by atoms with Crippen LogP contribution in [0.3, 0.4) is 0 Å². The van der Waals surface area contributed by atoms with E-state index in [0.717, 1.165) is 33.7 Å². The first-order valence-corrected chi connectivity index (χ1v) is 11.1. The maximum atomic E-state index is 12.9. The standard InChI is InChI=1S/C21H23N7O3S/c1-13-11-14(2)27-18(22-13)24-25-20(27)32-12-16(29)26-28-17(30)21(3,23-19(28)31)10-9-15-7-5-4-6-8-15/h4-8,11H,9-10,12H2,1-3H3,(H,23,31)(H,26,29)/t21-/m1/s1. The van der Waals surface area contributed by atoms with Crippen LogP contribution in [-0.4, -0.2) is 53.7 Å². The van der Waals surface area contributed by atoms with E-state index in [1.165, 1.54) is 0 Å². The molecular weight excluding hydrogens is 430 g/mol. The highest BCUT2D eigenvalue weighted by Crippen LogP contribution is 2.23. The van der Waals surface area contributed by atoms with Crippen LogP contribution in [0.2, 0.25) is 0 Å². The Morgan fingerprint density at radius 3 is 2.69 bits per heavy atom. The molecule has 1 atom stereocenters. The maximum Gasteiger partial charge on any atom is 0.344 e. The number of fused-ring (bicyclic) bond motifs is 1. The summed E-state index contributed by atoms with van der Waals surface area (Å²) in [5.74, 6) is -0.583. The van der Waals surface area contributed by atoms with Gasteiger partial charge >= 0.3 is 6.03 Å². The summed E-state index contributed by atoms with van der Waals surface area (Å²) in [5, 5.41) is 12.1. The molecule has 0 bridgehead atoms. The maximum absolute atomic E-state index is 12.9. The molecule has 4 amide bonds. The molecule has 32 heavy (non-hydrogen) atoms. The molecule has 4 rings (SSSR count). The van der Waals surface area contributed by atoms with Crippen LogP contribution in [0.25, 0.3) is 5.78 Å². The highest BCUT2D eigenvalue weighted by molar-refractivity contribution is 7.99. The van der Waals surface area contributed by atoms with Gasteiger partial charge in [-0.2, -0.15) is 5.01 Å². The van der Waals surface area contributed by atoms with Gasteiger partial charge in [0.05, 0.1) is 5.75 Å². The number of imide groups is 1. The fourth-order valence-electron chi connectivity index (χ4n) is 3.58.